The van der Waals surface area contributed by atoms with Crippen molar-refractivity contribution in [1.82, 2.24) is 58.6 Å². The summed E-state index contributed by atoms with van der Waals surface area (Å²) in [5, 5.41) is 6.06. The predicted octanol–water partition coefficient (Wildman–Crippen LogP) is 15.5. The molecule has 16 aromatic rings. The van der Waals surface area contributed by atoms with Gasteiger partial charge in [-0.2, -0.15) is 29.9 Å². The van der Waals surface area contributed by atoms with E-state index >= 15 is 0 Å². The Kier molecular flexibility index (Phi) is 10.6. The van der Waals surface area contributed by atoms with Crippen LogP contribution in [0, 0.1) is 0 Å². The zero-order chi connectivity index (χ0) is 53.4. The van der Waals surface area contributed by atoms with Gasteiger partial charge >= 0.3 is 0 Å². The third-order valence-corrected chi connectivity index (χ3v) is 15.0. The average Bonchev–Trinajstić information content (AvgIpc) is 4.40. The fourth-order valence-corrected chi connectivity index (χ4v) is 11.4. The van der Waals surface area contributed by atoms with Gasteiger partial charge in [0.05, 0.1) is 33.1 Å². The Morgan fingerprint density at radius 2 is 0.383 bits per heavy atom. The van der Waals surface area contributed by atoms with Gasteiger partial charge in [0, 0.05) is 65.7 Å². The molecule has 0 saturated carbocycles. The highest BCUT2D eigenvalue weighted by atomic mass is 15.2. The maximum Gasteiger partial charge on any atom is 0.238 e. The van der Waals surface area contributed by atoms with Crippen LogP contribution in [0.25, 0.3) is 152 Å². The van der Waals surface area contributed by atoms with Gasteiger partial charge in [-0.1, -0.05) is 218 Å². The number of nitrogens with zero attached hydrogens (tertiary/aromatic N) is 12. The van der Waals surface area contributed by atoms with Crippen LogP contribution in [0.1, 0.15) is 0 Å². The predicted molar refractivity (Wildman–Crippen MR) is 322 cm³/mol. The standard InChI is InChI=1S/C69H42N12/c1-7-23-43(24-8-1)61-70-62(44-25-9-2-10-26-44)74-67(73-61)79-51-37-21-19-35-49(51)57-53(79)39-41-55-59(57)60-56(81(55)69-77-65(47-31-15-5-16-32-47)72-66(78-69)48-33-17-6-18-34-48)42-40-54-58(60)50-36-20-22-38-52(50)80(54)68-75-63(45-27-11-3-12-28-45)71-64(76-68)46-29-13-4-14-30-46/h1-42H. The van der Waals surface area contributed by atoms with Gasteiger partial charge in [0.15, 0.2) is 34.9 Å². The summed E-state index contributed by atoms with van der Waals surface area (Å²) >= 11 is 0. The molecule has 0 radical (unpaired) electrons. The Labute approximate surface area is 462 Å². The van der Waals surface area contributed by atoms with Gasteiger partial charge in [0.1, 0.15) is 0 Å². The molecule has 0 spiro atoms. The molecule has 0 bridgehead atoms. The van der Waals surface area contributed by atoms with E-state index in [0.29, 0.717) is 52.8 Å². The van der Waals surface area contributed by atoms with Gasteiger partial charge in [-0.15, -0.1) is 0 Å². The summed E-state index contributed by atoms with van der Waals surface area (Å²) in [6.07, 6.45) is 0. The van der Waals surface area contributed by atoms with Crippen molar-refractivity contribution in [3.63, 3.8) is 0 Å². The molecule has 6 aromatic heterocycles. The maximum atomic E-state index is 5.39. The highest BCUT2D eigenvalue weighted by Crippen LogP contribution is 2.47. The van der Waals surface area contributed by atoms with Crippen molar-refractivity contribution in [3.8, 4) is 86.2 Å². The van der Waals surface area contributed by atoms with E-state index in [1.54, 1.807) is 0 Å². The van der Waals surface area contributed by atoms with E-state index in [-0.39, 0.29) is 0 Å². The van der Waals surface area contributed by atoms with Crippen LogP contribution in [-0.2, 0) is 0 Å². The highest BCUT2D eigenvalue weighted by Gasteiger charge is 2.28. The Morgan fingerprint density at radius 1 is 0.173 bits per heavy atom. The number of benzene rings is 10. The first kappa shape index (κ1) is 45.8. The molecule has 0 aliphatic rings. The first-order chi connectivity index (χ1) is 40.2. The van der Waals surface area contributed by atoms with Crippen LogP contribution in [0.4, 0.5) is 0 Å². The zero-order valence-electron chi connectivity index (χ0n) is 43.1. The molecule has 378 valence electrons. The van der Waals surface area contributed by atoms with Crippen molar-refractivity contribution in [1.29, 1.82) is 0 Å². The molecule has 12 heteroatoms. The summed E-state index contributed by atoms with van der Waals surface area (Å²) in [4.78, 5) is 47.4. The third kappa shape index (κ3) is 7.57. The van der Waals surface area contributed by atoms with E-state index in [2.05, 4.69) is 86.5 Å². The molecule has 0 aliphatic heterocycles. The monoisotopic (exact) mass is 1040 g/mol. The number of rotatable bonds is 9. The van der Waals surface area contributed by atoms with E-state index in [9.17, 15) is 0 Å². The van der Waals surface area contributed by atoms with Crippen molar-refractivity contribution in [2.45, 2.75) is 0 Å². The molecule has 10 aromatic carbocycles. The highest BCUT2D eigenvalue weighted by molar-refractivity contribution is 6.36. The molecule has 6 heterocycles. The molecule has 0 atom stereocenters. The SMILES string of the molecule is c1ccc(-c2nc(-c3ccccc3)nc(-n3c4ccccc4c4c5c6c7c8ccccc8n(-c8nc(-c9ccccc9)nc(-c9ccccc9)n8)c7ccc6n(-c6nc(-c7ccccc7)nc(-c7ccccc7)n6)c5ccc43)n2)cc1. The average molecular weight is 1040 g/mol. The van der Waals surface area contributed by atoms with Crippen molar-refractivity contribution in [2.75, 3.05) is 0 Å². The second-order valence-electron chi connectivity index (χ2n) is 19.8. The lowest BCUT2D eigenvalue weighted by Crippen LogP contribution is -2.07. The largest absolute Gasteiger partial charge is 0.278 e. The minimum absolute atomic E-state index is 0.476. The maximum absolute atomic E-state index is 5.39. The third-order valence-electron chi connectivity index (χ3n) is 15.0. The van der Waals surface area contributed by atoms with Crippen LogP contribution in [0.5, 0.6) is 0 Å². The van der Waals surface area contributed by atoms with E-state index < -0.39 is 0 Å². The van der Waals surface area contributed by atoms with E-state index in [0.717, 1.165) is 98.8 Å². The molecular weight excluding hydrogens is 997 g/mol. The zero-order valence-corrected chi connectivity index (χ0v) is 43.1. The minimum atomic E-state index is 0.476. The van der Waals surface area contributed by atoms with Gasteiger partial charge < -0.3 is 0 Å². The number of hydrogen-bond donors (Lipinski definition) is 0. The van der Waals surface area contributed by atoms with Crippen LogP contribution in [0.3, 0.4) is 0 Å². The summed E-state index contributed by atoms with van der Waals surface area (Å²) in [7, 11) is 0. The lowest BCUT2D eigenvalue weighted by atomic mass is 10.0. The second-order valence-corrected chi connectivity index (χ2v) is 19.8. The number of aromatic nitrogens is 12. The first-order valence-corrected chi connectivity index (χ1v) is 26.7. The second kappa shape index (κ2) is 18.7. The minimum Gasteiger partial charge on any atom is -0.278 e. The van der Waals surface area contributed by atoms with E-state index in [1.807, 2.05) is 182 Å². The smallest absolute Gasteiger partial charge is 0.238 e. The number of hydrogen-bond acceptors (Lipinski definition) is 9. The fraction of sp³-hybridized carbons (Fsp3) is 0. The van der Waals surface area contributed by atoms with Crippen molar-refractivity contribution in [2.24, 2.45) is 0 Å². The first-order valence-electron chi connectivity index (χ1n) is 26.7. The number of fused-ring (bicyclic) bond motifs is 11. The van der Waals surface area contributed by atoms with Crippen LogP contribution in [0.15, 0.2) is 255 Å². The van der Waals surface area contributed by atoms with Crippen molar-refractivity contribution >= 4 is 65.4 Å². The van der Waals surface area contributed by atoms with Gasteiger partial charge in [-0.25, -0.2) is 15.0 Å². The van der Waals surface area contributed by atoms with Crippen LogP contribution >= 0.6 is 0 Å². The Bertz CT molecular complexity index is 4650. The summed E-state index contributed by atoms with van der Waals surface area (Å²) in [6.45, 7) is 0. The van der Waals surface area contributed by atoms with Gasteiger partial charge in [0.2, 0.25) is 17.8 Å². The van der Waals surface area contributed by atoms with Crippen LogP contribution in [0.2, 0.25) is 0 Å². The molecule has 0 N–H and O–H groups in total. The molecule has 12 nitrogen and oxygen atoms in total. The number of para-hydroxylation sites is 2. The van der Waals surface area contributed by atoms with Crippen LogP contribution < -0.4 is 0 Å². The Morgan fingerprint density at radius 3 is 0.642 bits per heavy atom. The normalized spacial score (nSPS) is 11.7. The summed E-state index contributed by atoms with van der Waals surface area (Å²) < 4.78 is 6.57. The molecule has 0 amide bonds. The molecular formula is C69H42N12. The summed E-state index contributed by atoms with van der Waals surface area (Å²) in [5.41, 5.74) is 10.8. The Balaban J connectivity index is 1.06. The van der Waals surface area contributed by atoms with Crippen molar-refractivity contribution in [3.05, 3.63) is 255 Å². The topological polar surface area (TPSA) is 131 Å². The fourth-order valence-electron chi connectivity index (χ4n) is 11.4. The lowest BCUT2D eigenvalue weighted by molar-refractivity contribution is 0.949. The molecule has 0 unspecified atom stereocenters. The molecule has 0 fully saturated rings. The van der Waals surface area contributed by atoms with E-state index in [4.69, 9.17) is 44.9 Å². The molecule has 81 heavy (non-hydrogen) atoms. The lowest BCUT2D eigenvalue weighted by Gasteiger charge is -2.12. The molecule has 0 aliphatic carbocycles. The quantitative estimate of drug-likeness (QED) is 0.139. The van der Waals surface area contributed by atoms with Gasteiger partial charge in [-0.3, -0.25) is 13.7 Å². The van der Waals surface area contributed by atoms with Crippen LogP contribution in [-0.4, -0.2) is 58.6 Å². The van der Waals surface area contributed by atoms with Crippen molar-refractivity contribution < 1.29 is 0 Å². The van der Waals surface area contributed by atoms with E-state index in [1.165, 1.54) is 0 Å². The Hall–Kier alpha value is -11.4. The summed E-state index contributed by atoms with van der Waals surface area (Å²) in [6, 6.07) is 86.4. The van der Waals surface area contributed by atoms with Gasteiger partial charge in [0.25, 0.3) is 0 Å². The molecule has 0 saturated heterocycles. The van der Waals surface area contributed by atoms with Gasteiger partial charge in [-0.05, 0) is 36.4 Å². The summed E-state index contributed by atoms with van der Waals surface area (Å²) in [5.74, 6) is 4.86. The molecule has 16 rings (SSSR count).